The van der Waals surface area contributed by atoms with E-state index in [1.807, 2.05) is 12.1 Å². The third-order valence-electron chi connectivity index (χ3n) is 3.65. The maximum absolute atomic E-state index is 5.94. The summed E-state index contributed by atoms with van der Waals surface area (Å²) < 4.78 is 2.36. The second-order valence-corrected chi connectivity index (χ2v) is 6.75. The van der Waals surface area contributed by atoms with Crippen LogP contribution in [-0.2, 0) is 12.3 Å². The number of nitrogens with zero attached hydrogens (tertiary/aromatic N) is 2. The van der Waals surface area contributed by atoms with Crippen molar-refractivity contribution in [3.63, 3.8) is 0 Å². The number of hydrogen-bond acceptors (Lipinski definition) is 2. The Labute approximate surface area is 140 Å². The number of aryl methyl sites for hydroxylation is 1. The van der Waals surface area contributed by atoms with E-state index in [2.05, 4.69) is 47.9 Å². The number of benzene rings is 2. The Kier molecular flexibility index (Phi) is 5.06. The summed E-state index contributed by atoms with van der Waals surface area (Å²) >= 11 is 7.74. The van der Waals surface area contributed by atoms with E-state index in [-0.39, 0.29) is 0 Å². The van der Waals surface area contributed by atoms with Crippen molar-refractivity contribution in [1.29, 1.82) is 0 Å². The SMILES string of the molecule is CCCCn1c(CSc2ccc(Cl)cc2)nc2ccccc21. The molecular formula is C18H19ClN2S. The van der Waals surface area contributed by atoms with Gasteiger partial charge in [0, 0.05) is 16.5 Å². The van der Waals surface area contributed by atoms with Crippen molar-refractivity contribution in [2.45, 2.75) is 37.0 Å². The van der Waals surface area contributed by atoms with Gasteiger partial charge in [-0.2, -0.15) is 0 Å². The Morgan fingerprint density at radius 2 is 1.86 bits per heavy atom. The lowest BCUT2D eigenvalue weighted by Crippen LogP contribution is -2.02. The largest absolute Gasteiger partial charge is 0.327 e. The highest BCUT2D eigenvalue weighted by atomic mass is 35.5. The van der Waals surface area contributed by atoms with Gasteiger partial charge in [0.05, 0.1) is 16.8 Å². The molecule has 114 valence electrons. The van der Waals surface area contributed by atoms with Crippen LogP contribution in [0, 0.1) is 0 Å². The molecule has 0 saturated heterocycles. The summed E-state index contributed by atoms with van der Waals surface area (Å²) in [6, 6.07) is 16.4. The van der Waals surface area contributed by atoms with Crippen molar-refractivity contribution in [3.05, 3.63) is 59.4 Å². The van der Waals surface area contributed by atoms with E-state index in [4.69, 9.17) is 16.6 Å². The summed E-state index contributed by atoms with van der Waals surface area (Å²) in [6.07, 6.45) is 2.37. The molecular weight excluding hydrogens is 312 g/mol. The number of rotatable bonds is 6. The summed E-state index contributed by atoms with van der Waals surface area (Å²) in [6.45, 7) is 3.26. The number of hydrogen-bond donors (Lipinski definition) is 0. The van der Waals surface area contributed by atoms with E-state index in [0.717, 1.165) is 28.7 Å². The number of para-hydroxylation sites is 2. The minimum atomic E-state index is 0.777. The Balaban J connectivity index is 1.83. The molecule has 0 radical (unpaired) electrons. The summed E-state index contributed by atoms with van der Waals surface area (Å²) in [5, 5.41) is 0.777. The zero-order valence-electron chi connectivity index (χ0n) is 12.6. The lowest BCUT2D eigenvalue weighted by atomic mass is 10.3. The summed E-state index contributed by atoms with van der Waals surface area (Å²) in [5.41, 5.74) is 2.33. The number of fused-ring (bicyclic) bond motifs is 1. The summed E-state index contributed by atoms with van der Waals surface area (Å²) in [5.74, 6) is 2.02. The predicted octanol–water partition coefficient (Wildman–Crippen LogP) is 5.78. The fourth-order valence-electron chi connectivity index (χ4n) is 2.48. The molecule has 3 rings (SSSR count). The van der Waals surface area contributed by atoms with Gasteiger partial charge >= 0.3 is 0 Å². The Morgan fingerprint density at radius 1 is 1.09 bits per heavy atom. The molecule has 0 fully saturated rings. The Morgan fingerprint density at radius 3 is 2.64 bits per heavy atom. The molecule has 0 unspecified atom stereocenters. The van der Waals surface area contributed by atoms with Crippen LogP contribution in [0.3, 0.4) is 0 Å². The lowest BCUT2D eigenvalue weighted by Gasteiger charge is -2.08. The van der Waals surface area contributed by atoms with Crippen LogP contribution in [0.15, 0.2) is 53.4 Å². The molecule has 0 aliphatic rings. The molecule has 0 aliphatic heterocycles. The third-order valence-corrected chi connectivity index (χ3v) is 4.91. The monoisotopic (exact) mass is 330 g/mol. The van der Waals surface area contributed by atoms with Gasteiger partial charge in [-0.15, -0.1) is 11.8 Å². The van der Waals surface area contributed by atoms with Gasteiger partial charge in [0.2, 0.25) is 0 Å². The van der Waals surface area contributed by atoms with Gasteiger partial charge in [0.25, 0.3) is 0 Å². The average molecular weight is 331 g/mol. The lowest BCUT2D eigenvalue weighted by molar-refractivity contribution is 0.628. The topological polar surface area (TPSA) is 17.8 Å². The Hall–Kier alpha value is -1.45. The number of imidazole rings is 1. The predicted molar refractivity (Wildman–Crippen MR) is 95.7 cm³/mol. The van der Waals surface area contributed by atoms with E-state index >= 15 is 0 Å². The van der Waals surface area contributed by atoms with Gasteiger partial charge < -0.3 is 4.57 Å². The summed E-state index contributed by atoms with van der Waals surface area (Å²) in [4.78, 5) is 6.04. The van der Waals surface area contributed by atoms with E-state index in [1.54, 1.807) is 11.8 Å². The first-order valence-corrected chi connectivity index (χ1v) is 8.97. The van der Waals surface area contributed by atoms with Crippen LogP contribution in [0.5, 0.6) is 0 Å². The molecule has 2 nitrogen and oxygen atoms in total. The molecule has 4 heteroatoms. The van der Waals surface area contributed by atoms with Crippen molar-refractivity contribution in [1.82, 2.24) is 9.55 Å². The van der Waals surface area contributed by atoms with Gasteiger partial charge in [-0.25, -0.2) is 4.98 Å². The smallest absolute Gasteiger partial charge is 0.120 e. The van der Waals surface area contributed by atoms with Gasteiger partial charge in [0.15, 0.2) is 0 Å². The van der Waals surface area contributed by atoms with Gasteiger partial charge in [-0.05, 0) is 42.8 Å². The molecule has 0 atom stereocenters. The van der Waals surface area contributed by atoms with E-state index < -0.39 is 0 Å². The maximum Gasteiger partial charge on any atom is 0.120 e. The third kappa shape index (κ3) is 3.47. The van der Waals surface area contributed by atoms with Crippen LogP contribution in [0.1, 0.15) is 25.6 Å². The van der Waals surface area contributed by atoms with Crippen LogP contribution in [0.4, 0.5) is 0 Å². The average Bonchev–Trinajstić information content (AvgIpc) is 2.90. The highest BCUT2D eigenvalue weighted by Gasteiger charge is 2.10. The van der Waals surface area contributed by atoms with Crippen molar-refractivity contribution in [2.75, 3.05) is 0 Å². The van der Waals surface area contributed by atoms with Crippen LogP contribution in [0.2, 0.25) is 5.02 Å². The quantitative estimate of drug-likeness (QED) is 0.533. The first-order valence-electron chi connectivity index (χ1n) is 7.60. The zero-order valence-corrected chi connectivity index (χ0v) is 14.2. The first-order chi connectivity index (χ1) is 10.8. The van der Waals surface area contributed by atoms with E-state index in [9.17, 15) is 0 Å². The van der Waals surface area contributed by atoms with Gasteiger partial charge in [0.1, 0.15) is 5.82 Å². The van der Waals surface area contributed by atoms with Crippen molar-refractivity contribution in [2.24, 2.45) is 0 Å². The van der Waals surface area contributed by atoms with E-state index in [0.29, 0.717) is 0 Å². The number of aromatic nitrogens is 2. The molecule has 3 aromatic rings. The van der Waals surface area contributed by atoms with Crippen LogP contribution < -0.4 is 0 Å². The molecule has 0 N–H and O–H groups in total. The molecule has 0 bridgehead atoms. The molecule has 1 heterocycles. The van der Waals surface area contributed by atoms with E-state index in [1.165, 1.54) is 23.3 Å². The summed E-state index contributed by atoms with van der Waals surface area (Å²) in [7, 11) is 0. The standard InChI is InChI=1S/C18H19ClN2S/c1-2-3-12-21-17-7-5-4-6-16(17)20-18(21)13-22-15-10-8-14(19)9-11-15/h4-11H,2-3,12-13H2,1H3. The highest BCUT2D eigenvalue weighted by molar-refractivity contribution is 7.98. The molecule has 1 aromatic heterocycles. The number of unbranched alkanes of at least 4 members (excludes halogenated alkanes) is 1. The van der Waals surface area contributed by atoms with Crippen LogP contribution >= 0.6 is 23.4 Å². The van der Waals surface area contributed by atoms with Gasteiger partial charge in [-0.3, -0.25) is 0 Å². The first kappa shape index (κ1) is 15.4. The fraction of sp³-hybridized carbons (Fsp3) is 0.278. The molecule has 22 heavy (non-hydrogen) atoms. The molecule has 0 amide bonds. The highest BCUT2D eigenvalue weighted by Crippen LogP contribution is 2.26. The maximum atomic E-state index is 5.94. The fourth-order valence-corrected chi connectivity index (χ4v) is 3.45. The minimum Gasteiger partial charge on any atom is -0.327 e. The molecule has 0 saturated carbocycles. The van der Waals surface area contributed by atoms with Crippen LogP contribution in [0.25, 0.3) is 11.0 Å². The second-order valence-electron chi connectivity index (χ2n) is 5.26. The minimum absolute atomic E-state index is 0.777. The second kappa shape index (κ2) is 7.21. The molecule has 0 spiro atoms. The molecule has 0 aliphatic carbocycles. The van der Waals surface area contributed by atoms with Crippen molar-refractivity contribution < 1.29 is 0 Å². The Bertz CT molecular complexity index is 749. The van der Waals surface area contributed by atoms with Crippen molar-refractivity contribution in [3.8, 4) is 0 Å². The molecule has 2 aromatic carbocycles. The normalized spacial score (nSPS) is 11.2. The van der Waals surface area contributed by atoms with Crippen molar-refractivity contribution >= 4 is 34.4 Å². The number of halogens is 1. The number of thioether (sulfide) groups is 1. The van der Waals surface area contributed by atoms with Crippen LogP contribution in [-0.4, -0.2) is 9.55 Å². The van der Waals surface area contributed by atoms with Gasteiger partial charge in [-0.1, -0.05) is 37.1 Å². The zero-order chi connectivity index (χ0) is 15.4.